The first-order valence-corrected chi connectivity index (χ1v) is 5.86. The maximum atomic E-state index is 6.21. The molecule has 0 saturated carbocycles. The van der Waals surface area contributed by atoms with Crippen molar-refractivity contribution in [2.45, 2.75) is 46.1 Å². The first kappa shape index (κ1) is 12.3. The standard InChI is InChI=1S/C14H23N/c1-4-14(2,3)13(15)11-10-12-8-6-5-7-9-12/h5-9,13H,4,10-11,15H2,1-3H3. The van der Waals surface area contributed by atoms with E-state index >= 15 is 0 Å². The summed E-state index contributed by atoms with van der Waals surface area (Å²) in [6.45, 7) is 6.72. The summed E-state index contributed by atoms with van der Waals surface area (Å²) in [7, 11) is 0. The van der Waals surface area contributed by atoms with Crippen LogP contribution in [0.5, 0.6) is 0 Å². The minimum absolute atomic E-state index is 0.259. The average Bonchev–Trinajstić information content (AvgIpc) is 2.27. The van der Waals surface area contributed by atoms with Gasteiger partial charge in [-0.1, -0.05) is 51.1 Å². The third kappa shape index (κ3) is 3.67. The fourth-order valence-electron chi connectivity index (χ4n) is 1.62. The molecular weight excluding hydrogens is 182 g/mol. The van der Waals surface area contributed by atoms with Crippen LogP contribution < -0.4 is 5.73 Å². The highest BCUT2D eigenvalue weighted by atomic mass is 14.7. The van der Waals surface area contributed by atoms with Crippen molar-refractivity contribution >= 4 is 0 Å². The number of rotatable bonds is 5. The van der Waals surface area contributed by atoms with Gasteiger partial charge in [0.15, 0.2) is 0 Å². The van der Waals surface area contributed by atoms with E-state index in [2.05, 4.69) is 51.1 Å². The number of benzene rings is 1. The summed E-state index contributed by atoms with van der Waals surface area (Å²) in [6.07, 6.45) is 3.30. The van der Waals surface area contributed by atoms with Crippen LogP contribution in [-0.4, -0.2) is 6.04 Å². The largest absolute Gasteiger partial charge is 0.327 e. The van der Waals surface area contributed by atoms with E-state index in [1.54, 1.807) is 0 Å². The molecule has 0 bridgehead atoms. The molecule has 0 saturated heterocycles. The van der Waals surface area contributed by atoms with Gasteiger partial charge in [0.25, 0.3) is 0 Å². The van der Waals surface area contributed by atoms with Gasteiger partial charge in [-0.2, -0.15) is 0 Å². The monoisotopic (exact) mass is 205 g/mol. The molecule has 1 heteroatoms. The van der Waals surface area contributed by atoms with E-state index in [1.807, 2.05) is 0 Å². The Morgan fingerprint density at radius 1 is 1.20 bits per heavy atom. The van der Waals surface area contributed by atoms with Gasteiger partial charge < -0.3 is 5.73 Å². The van der Waals surface area contributed by atoms with Crippen LogP contribution in [0.1, 0.15) is 39.2 Å². The van der Waals surface area contributed by atoms with E-state index in [-0.39, 0.29) is 5.41 Å². The van der Waals surface area contributed by atoms with Crippen LogP contribution in [0.4, 0.5) is 0 Å². The zero-order chi connectivity index (χ0) is 11.3. The van der Waals surface area contributed by atoms with E-state index in [1.165, 1.54) is 5.56 Å². The van der Waals surface area contributed by atoms with Crippen molar-refractivity contribution in [1.82, 2.24) is 0 Å². The SMILES string of the molecule is CCC(C)(C)C(N)CCc1ccccc1. The fraction of sp³-hybridized carbons (Fsp3) is 0.571. The topological polar surface area (TPSA) is 26.0 Å². The van der Waals surface area contributed by atoms with Crippen molar-refractivity contribution in [2.24, 2.45) is 11.1 Å². The van der Waals surface area contributed by atoms with Crippen LogP contribution in [0.25, 0.3) is 0 Å². The van der Waals surface area contributed by atoms with E-state index in [0.717, 1.165) is 19.3 Å². The Morgan fingerprint density at radius 2 is 1.80 bits per heavy atom. The summed E-state index contributed by atoms with van der Waals surface area (Å²) >= 11 is 0. The van der Waals surface area contributed by atoms with Crippen LogP contribution in [0.2, 0.25) is 0 Å². The van der Waals surface area contributed by atoms with Crippen molar-refractivity contribution in [3.8, 4) is 0 Å². The van der Waals surface area contributed by atoms with Gasteiger partial charge >= 0.3 is 0 Å². The summed E-state index contributed by atoms with van der Waals surface area (Å²) in [6, 6.07) is 10.9. The lowest BCUT2D eigenvalue weighted by Crippen LogP contribution is -2.37. The predicted molar refractivity (Wildman–Crippen MR) is 66.8 cm³/mol. The molecule has 0 radical (unpaired) electrons. The summed E-state index contributed by atoms with van der Waals surface area (Å²) in [5.41, 5.74) is 7.86. The highest BCUT2D eigenvalue weighted by Crippen LogP contribution is 2.26. The maximum Gasteiger partial charge on any atom is 0.00933 e. The van der Waals surface area contributed by atoms with E-state index < -0.39 is 0 Å². The molecule has 1 aromatic rings. The van der Waals surface area contributed by atoms with Gasteiger partial charge in [-0.3, -0.25) is 0 Å². The lowest BCUT2D eigenvalue weighted by atomic mass is 9.80. The fourth-order valence-corrected chi connectivity index (χ4v) is 1.62. The Bertz CT molecular complexity index is 277. The second kappa shape index (κ2) is 5.32. The highest BCUT2D eigenvalue weighted by Gasteiger charge is 2.23. The summed E-state index contributed by atoms with van der Waals surface area (Å²) in [5, 5.41) is 0. The third-order valence-corrected chi connectivity index (χ3v) is 3.50. The van der Waals surface area contributed by atoms with Crippen molar-refractivity contribution in [2.75, 3.05) is 0 Å². The van der Waals surface area contributed by atoms with Gasteiger partial charge in [-0.05, 0) is 30.2 Å². The van der Waals surface area contributed by atoms with Crippen LogP contribution in [0.15, 0.2) is 30.3 Å². The van der Waals surface area contributed by atoms with Gasteiger partial charge in [-0.25, -0.2) is 0 Å². The Labute approximate surface area is 93.7 Å². The third-order valence-electron chi connectivity index (χ3n) is 3.50. The van der Waals surface area contributed by atoms with Crippen molar-refractivity contribution in [3.05, 3.63) is 35.9 Å². The lowest BCUT2D eigenvalue weighted by Gasteiger charge is -2.30. The van der Waals surface area contributed by atoms with Crippen LogP contribution in [0, 0.1) is 5.41 Å². The zero-order valence-corrected chi connectivity index (χ0v) is 10.2. The number of hydrogen-bond acceptors (Lipinski definition) is 1. The Hall–Kier alpha value is -0.820. The molecule has 0 aliphatic carbocycles. The first-order chi connectivity index (χ1) is 7.06. The highest BCUT2D eigenvalue weighted by molar-refractivity contribution is 5.14. The summed E-state index contributed by atoms with van der Waals surface area (Å²) in [5.74, 6) is 0. The van der Waals surface area contributed by atoms with Gasteiger partial charge in [0.1, 0.15) is 0 Å². The van der Waals surface area contributed by atoms with Gasteiger partial charge in [0.2, 0.25) is 0 Å². The molecule has 1 unspecified atom stereocenters. The Balaban J connectivity index is 2.44. The molecule has 15 heavy (non-hydrogen) atoms. The maximum absolute atomic E-state index is 6.21. The molecule has 1 aromatic carbocycles. The first-order valence-electron chi connectivity index (χ1n) is 5.86. The molecule has 0 aromatic heterocycles. The van der Waals surface area contributed by atoms with E-state index in [0.29, 0.717) is 6.04 Å². The van der Waals surface area contributed by atoms with Gasteiger partial charge in [0.05, 0.1) is 0 Å². The Morgan fingerprint density at radius 3 is 2.33 bits per heavy atom. The lowest BCUT2D eigenvalue weighted by molar-refractivity contribution is 0.263. The number of nitrogens with two attached hydrogens (primary N) is 1. The smallest absolute Gasteiger partial charge is 0.00933 e. The van der Waals surface area contributed by atoms with Crippen LogP contribution in [0.3, 0.4) is 0 Å². The van der Waals surface area contributed by atoms with Crippen molar-refractivity contribution in [3.63, 3.8) is 0 Å². The zero-order valence-electron chi connectivity index (χ0n) is 10.2. The molecule has 0 heterocycles. The molecule has 0 spiro atoms. The molecule has 1 atom stereocenters. The molecular formula is C14H23N. The Kier molecular flexibility index (Phi) is 4.34. The minimum atomic E-state index is 0.259. The molecule has 1 rings (SSSR count). The average molecular weight is 205 g/mol. The second-order valence-electron chi connectivity index (χ2n) is 4.97. The summed E-state index contributed by atoms with van der Waals surface area (Å²) in [4.78, 5) is 0. The van der Waals surface area contributed by atoms with E-state index in [4.69, 9.17) is 5.73 Å². The number of hydrogen-bond donors (Lipinski definition) is 1. The quantitative estimate of drug-likeness (QED) is 0.783. The summed E-state index contributed by atoms with van der Waals surface area (Å²) < 4.78 is 0. The predicted octanol–water partition coefficient (Wildman–Crippen LogP) is 3.38. The minimum Gasteiger partial charge on any atom is -0.327 e. The molecule has 84 valence electrons. The second-order valence-corrected chi connectivity index (χ2v) is 4.97. The molecule has 2 N–H and O–H groups in total. The van der Waals surface area contributed by atoms with Crippen LogP contribution >= 0.6 is 0 Å². The van der Waals surface area contributed by atoms with Gasteiger partial charge in [0, 0.05) is 6.04 Å². The molecule has 0 fully saturated rings. The number of aryl methyl sites for hydroxylation is 1. The molecule has 0 aliphatic rings. The van der Waals surface area contributed by atoms with Crippen molar-refractivity contribution < 1.29 is 0 Å². The van der Waals surface area contributed by atoms with Gasteiger partial charge in [-0.15, -0.1) is 0 Å². The van der Waals surface area contributed by atoms with Crippen LogP contribution in [-0.2, 0) is 6.42 Å². The van der Waals surface area contributed by atoms with Crippen molar-refractivity contribution in [1.29, 1.82) is 0 Å². The van der Waals surface area contributed by atoms with E-state index in [9.17, 15) is 0 Å². The molecule has 0 amide bonds. The molecule has 0 aliphatic heterocycles. The molecule has 1 nitrogen and oxygen atoms in total. The normalized spacial score (nSPS) is 13.9.